The van der Waals surface area contributed by atoms with Crippen molar-refractivity contribution in [3.05, 3.63) is 64.7 Å². The van der Waals surface area contributed by atoms with Crippen LogP contribution in [0.5, 0.6) is 0 Å². The van der Waals surface area contributed by atoms with Crippen LogP contribution in [0, 0.1) is 0 Å². The largest absolute Gasteiger partial charge is 0.365 e. The molecule has 3 aromatic rings. The number of unbranched alkanes of at least 4 members (excludes halogenated alkanes) is 2. The van der Waals surface area contributed by atoms with E-state index in [2.05, 4.69) is 32.5 Å². The predicted octanol–water partition coefficient (Wildman–Crippen LogP) is 4.41. The van der Waals surface area contributed by atoms with Crippen molar-refractivity contribution in [2.75, 3.05) is 0 Å². The minimum Gasteiger partial charge on any atom is -0.365 e. The van der Waals surface area contributed by atoms with Crippen LogP contribution in [0.3, 0.4) is 0 Å². The van der Waals surface area contributed by atoms with E-state index < -0.39 is 11.6 Å². The number of aromatic nitrogens is 5. The summed E-state index contributed by atoms with van der Waals surface area (Å²) in [5.41, 5.74) is 3.91. The molecular weight excluding hydrogens is 418 g/mol. The monoisotopic (exact) mass is 449 g/mol. The SMILES string of the molecule is CCCC(CCCCCc1ccc(C(C)=O)cc1)c1[nH]ccc1CC(=O)C(=O)c1nn[nH]n1. The minimum atomic E-state index is -0.723. The van der Waals surface area contributed by atoms with E-state index in [1.54, 1.807) is 6.92 Å². The van der Waals surface area contributed by atoms with Gasteiger partial charge in [-0.25, -0.2) is 0 Å². The van der Waals surface area contributed by atoms with Gasteiger partial charge in [-0.3, -0.25) is 14.4 Å². The molecule has 1 aromatic carbocycles. The molecule has 8 nitrogen and oxygen atoms in total. The van der Waals surface area contributed by atoms with E-state index in [-0.39, 0.29) is 18.0 Å². The van der Waals surface area contributed by atoms with Crippen LogP contribution in [-0.2, 0) is 17.6 Å². The molecule has 0 bridgehead atoms. The second-order valence-corrected chi connectivity index (χ2v) is 8.42. The van der Waals surface area contributed by atoms with Crippen molar-refractivity contribution in [1.29, 1.82) is 0 Å². The van der Waals surface area contributed by atoms with Crippen molar-refractivity contribution in [3.63, 3.8) is 0 Å². The number of benzene rings is 1. The molecule has 33 heavy (non-hydrogen) atoms. The van der Waals surface area contributed by atoms with E-state index in [0.29, 0.717) is 5.92 Å². The van der Waals surface area contributed by atoms with Gasteiger partial charge in [0.1, 0.15) is 0 Å². The van der Waals surface area contributed by atoms with Gasteiger partial charge in [0.05, 0.1) is 0 Å². The first kappa shape index (κ1) is 24.2. The third-order valence-electron chi connectivity index (χ3n) is 5.95. The standard InChI is InChI=1S/C25H31N5O3/c1-3-7-20(9-6-4-5-8-18-10-12-19(13-11-18)17(2)31)23-21(14-15-26-23)16-22(32)24(33)25-27-29-30-28-25/h10-15,20,26H,3-9,16H2,1-2H3,(H,27,28,29,30). The molecule has 2 aromatic heterocycles. The average molecular weight is 450 g/mol. The van der Waals surface area contributed by atoms with E-state index in [1.165, 1.54) is 5.56 Å². The number of H-pyrrole nitrogens is 2. The number of nitrogens with zero attached hydrogens (tertiary/aromatic N) is 3. The van der Waals surface area contributed by atoms with Crippen LogP contribution in [-0.4, -0.2) is 43.0 Å². The maximum absolute atomic E-state index is 12.4. The Morgan fingerprint density at radius 1 is 1.00 bits per heavy atom. The van der Waals surface area contributed by atoms with E-state index in [0.717, 1.165) is 61.8 Å². The van der Waals surface area contributed by atoms with Gasteiger partial charge in [0, 0.05) is 23.9 Å². The van der Waals surface area contributed by atoms with Gasteiger partial charge in [0.25, 0.3) is 5.78 Å². The molecule has 1 atom stereocenters. The molecule has 0 aliphatic carbocycles. The number of Topliss-reactive ketones (excluding diaryl/α,β-unsaturated/α-hetero) is 3. The third-order valence-corrected chi connectivity index (χ3v) is 5.95. The van der Waals surface area contributed by atoms with Crippen molar-refractivity contribution < 1.29 is 14.4 Å². The third kappa shape index (κ3) is 6.78. The summed E-state index contributed by atoms with van der Waals surface area (Å²) in [7, 11) is 0. The summed E-state index contributed by atoms with van der Waals surface area (Å²) >= 11 is 0. The lowest BCUT2D eigenvalue weighted by Gasteiger charge is -2.17. The first-order valence-electron chi connectivity index (χ1n) is 11.6. The molecule has 0 radical (unpaired) electrons. The molecule has 0 saturated carbocycles. The first-order valence-corrected chi connectivity index (χ1v) is 11.6. The summed E-state index contributed by atoms with van der Waals surface area (Å²) in [6.45, 7) is 3.74. The predicted molar refractivity (Wildman–Crippen MR) is 124 cm³/mol. The van der Waals surface area contributed by atoms with Crippen LogP contribution in [0.4, 0.5) is 0 Å². The van der Waals surface area contributed by atoms with Crippen molar-refractivity contribution in [3.8, 4) is 0 Å². The lowest BCUT2D eigenvalue weighted by Crippen LogP contribution is -2.19. The van der Waals surface area contributed by atoms with Crippen LogP contribution in [0.15, 0.2) is 36.5 Å². The Morgan fingerprint density at radius 2 is 1.79 bits per heavy atom. The number of hydrogen-bond acceptors (Lipinski definition) is 6. The maximum Gasteiger partial charge on any atom is 0.269 e. The second-order valence-electron chi connectivity index (χ2n) is 8.42. The van der Waals surface area contributed by atoms with Crippen LogP contribution in [0.25, 0.3) is 0 Å². The molecule has 0 aliphatic rings. The van der Waals surface area contributed by atoms with Gasteiger partial charge < -0.3 is 4.98 Å². The summed E-state index contributed by atoms with van der Waals surface area (Å²) in [4.78, 5) is 39.3. The Morgan fingerprint density at radius 3 is 2.45 bits per heavy atom. The second kappa shape index (κ2) is 12.0. The van der Waals surface area contributed by atoms with Gasteiger partial charge in [-0.05, 0) is 60.9 Å². The quantitative estimate of drug-likeness (QED) is 0.214. The molecule has 8 heteroatoms. The fourth-order valence-corrected chi connectivity index (χ4v) is 4.17. The molecule has 0 amide bonds. The fourth-order valence-electron chi connectivity index (χ4n) is 4.17. The van der Waals surface area contributed by atoms with E-state index in [1.807, 2.05) is 36.5 Å². The highest BCUT2D eigenvalue weighted by Gasteiger charge is 2.24. The molecular formula is C25H31N5O3. The Labute approximate surface area is 193 Å². The normalized spacial score (nSPS) is 11.9. The van der Waals surface area contributed by atoms with Crippen LogP contribution in [0.2, 0.25) is 0 Å². The zero-order chi connectivity index (χ0) is 23.6. The summed E-state index contributed by atoms with van der Waals surface area (Å²) in [6.07, 6.45) is 9.24. The van der Waals surface area contributed by atoms with Crippen LogP contribution in [0.1, 0.15) is 96.1 Å². The van der Waals surface area contributed by atoms with E-state index in [9.17, 15) is 14.4 Å². The summed E-state index contributed by atoms with van der Waals surface area (Å²) < 4.78 is 0. The highest BCUT2D eigenvalue weighted by molar-refractivity contribution is 6.43. The van der Waals surface area contributed by atoms with Crippen LogP contribution >= 0.6 is 0 Å². The number of hydrogen-bond donors (Lipinski definition) is 2. The van der Waals surface area contributed by atoms with Gasteiger partial charge in [-0.2, -0.15) is 5.21 Å². The smallest absolute Gasteiger partial charge is 0.269 e. The lowest BCUT2D eigenvalue weighted by atomic mass is 9.89. The number of ketones is 3. The summed E-state index contributed by atoms with van der Waals surface area (Å²) in [5, 5.41) is 12.8. The Bertz CT molecular complexity index is 1050. The highest BCUT2D eigenvalue weighted by atomic mass is 16.2. The molecule has 0 spiro atoms. The van der Waals surface area contributed by atoms with Gasteiger partial charge in [-0.1, -0.05) is 50.5 Å². The zero-order valence-corrected chi connectivity index (χ0v) is 19.3. The Balaban J connectivity index is 1.51. The number of rotatable bonds is 14. The fraction of sp³-hybridized carbons (Fsp3) is 0.440. The van der Waals surface area contributed by atoms with Gasteiger partial charge in [0.2, 0.25) is 11.6 Å². The topological polar surface area (TPSA) is 121 Å². The Hall–Kier alpha value is -3.42. The number of tetrazole rings is 1. The molecule has 2 heterocycles. The van der Waals surface area contributed by atoms with Gasteiger partial charge in [0.15, 0.2) is 5.78 Å². The molecule has 0 saturated heterocycles. The number of aromatic amines is 2. The maximum atomic E-state index is 12.4. The minimum absolute atomic E-state index is 0.0304. The number of carbonyl (C=O) groups excluding carboxylic acids is 3. The number of carbonyl (C=O) groups is 3. The van der Waals surface area contributed by atoms with Crippen molar-refractivity contribution in [2.24, 2.45) is 0 Å². The van der Waals surface area contributed by atoms with Gasteiger partial charge in [-0.15, -0.1) is 10.2 Å². The molecule has 0 aliphatic heterocycles. The molecule has 174 valence electrons. The molecule has 1 unspecified atom stereocenters. The van der Waals surface area contributed by atoms with Crippen molar-refractivity contribution in [1.82, 2.24) is 25.6 Å². The molecule has 3 rings (SSSR count). The van der Waals surface area contributed by atoms with Crippen molar-refractivity contribution in [2.45, 2.75) is 71.1 Å². The van der Waals surface area contributed by atoms with Crippen LogP contribution < -0.4 is 0 Å². The molecule has 2 N–H and O–H groups in total. The Kier molecular flexibility index (Phi) is 8.80. The van der Waals surface area contributed by atoms with Gasteiger partial charge >= 0.3 is 0 Å². The van der Waals surface area contributed by atoms with E-state index in [4.69, 9.17) is 0 Å². The highest BCUT2D eigenvalue weighted by Crippen LogP contribution is 2.29. The lowest BCUT2D eigenvalue weighted by molar-refractivity contribution is -0.114. The average Bonchev–Trinajstić information content (AvgIpc) is 3.50. The number of nitrogens with one attached hydrogen (secondary N) is 2. The van der Waals surface area contributed by atoms with E-state index >= 15 is 0 Å². The summed E-state index contributed by atoms with van der Waals surface area (Å²) in [6, 6.07) is 9.74. The number of aryl methyl sites for hydroxylation is 1. The zero-order valence-electron chi connectivity index (χ0n) is 19.3. The first-order chi connectivity index (χ1) is 16.0. The summed E-state index contributed by atoms with van der Waals surface area (Å²) in [5.74, 6) is -1.04. The molecule has 0 fully saturated rings. The van der Waals surface area contributed by atoms with Crippen molar-refractivity contribution >= 4 is 17.3 Å².